The van der Waals surface area contributed by atoms with E-state index in [1.165, 1.54) is 11.1 Å². The Morgan fingerprint density at radius 1 is 1.00 bits per heavy atom. The van der Waals surface area contributed by atoms with Gasteiger partial charge in [0.15, 0.2) is 0 Å². The quantitative estimate of drug-likeness (QED) is 0.838. The lowest BCUT2D eigenvalue weighted by Gasteiger charge is -2.45. The summed E-state index contributed by atoms with van der Waals surface area (Å²) in [4.78, 5) is 2.45. The number of benzene rings is 2. The van der Waals surface area contributed by atoms with Crippen molar-refractivity contribution in [3.8, 4) is 6.07 Å². The Balaban J connectivity index is 1.95. The minimum Gasteiger partial charge on any atom is -0.288 e. The third-order valence-corrected chi connectivity index (χ3v) is 4.08. The molecule has 1 fully saturated rings. The molecule has 0 saturated carbocycles. The van der Waals surface area contributed by atoms with Crippen molar-refractivity contribution in [2.45, 2.75) is 24.9 Å². The van der Waals surface area contributed by atoms with E-state index in [1.807, 2.05) is 0 Å². The van der Waals surface area contributed by atoms with Gasteiger partial charge in [-0.15, -0.1) is 0 Å². The molecular weight excluding hydrogens is 244 g/mol. The van der Waals surface area contributed by atoms with Gasteiger partial charge in [0.05, 0.1) is 18.5 Å². The van der Waals surface area contributed by atoms with Crippen LogP contribution in [0.4, 0.5) is 0 Å². The SMILES string of the molecule is N#CC[C@H]1CCN1C(c1ccccc1)c1ccccc1. The van der Waals surface area contributed by atoms with Crippen molar-refractivity contribution in [2.75, 3.05) is 6.54 Å². The van der Waals surface area contributed by atoms with E-state index < -0.39 is 0 Å². The summed E-state index contributed by atoms with van der Waals surface area (Å²) in [5, 5.41) is 8.97. The summed E-state index contributed by atoms with van der Waals surface area (Å²) >= 11 is 0. The molecule has 20 heavy (non-hydrogen) atoms. The van der Waals surface area contributed by atoms with Crippen LogP contribution in [-0.2, 0) is 0 Å². The first-order valence-corrected chi connectivity index (χ1v) is 7.12. The van der Waals surface area contributed by atoms with E-state index >= 15 is 0 Å². The maximum atomic E-state index is 8.97. The number of nitrogens with zero attached hydrogens (tertiary/aromatic N) is 2. The van der Waals surface area contributed by atoms with Crippen LogP contribution in [0.2, 0.25) is 0 Å². The summed E-state index contributed by atoms with van der Waals surface area (Å²) in [6, 6.07) is 24.1. The van der Waals surface area contributed by atoms with Gasteiger partial charge in [-0.05, 0) is 17.5 Å². The molecule has 2 heteroatoms. The third-order valence-electron chi connectivity index (χ3n) is 4.08. The highest BCUT2D eigenvalue weighted by molar-refractivity contribution is 5.32. The highest BCUT2D eigenvalue weighted by Crippen LogP contribution is 2.36. The molecule has 0 aliphatic carbocycles. The maximum Gasteiger partial charge on any atom is 0.0638 e. The summed E-state index contributed by atoms with van der Waals surface area (Å²) in [5.41, 5.74) is 2.61. The second-order valence-corrected chi connectivity index (χ2v) is 5.27. The fourth-order valence-electron chi connectivity index (χ4n) is 2.97. The van der Waals surface area contributed by atoms with Gasteiger partial charge in [-0.25, -0.2) is 0 Å². The van der Waals surface area contributed by atoms with Gasteiger partial charge in [-0.1, -0.05) is 60.7 Å². The molecule has 0 radical (unpaired) electrons. The number of nitriles is 1. The summed E-state index contributed by atoms with van der Waals surface area (Å²) < 4.78 is 0. The normalized spacial score (nSPS) is 18.5. The van der Waals surface area contributed by atoms with E-state index in [4.69, 9.17) is 5.26 Å². The molecule has 2 aromatic carbocycles. The number of likely N-dealkylation sites (tertiary alicyclic amines) is 1. The lowest BCUT2D eigenvalue weighted by atomic mass is 9.89. The topological polar surface area (TPSA) is 27.0 Å². The second-order valence-electron chi connectivity index (χ2n) is 5.27. The van der Waals surface area contributed by atoms with Crippen LogP contribution in [0.1, 0.15) is 30.0 Å². The Kier molecular flexibility index (Phi) is 3.80. The van der Waals surface area contributed by atoms with Gasteiger partial charge in [0, 0.05) is 12.6 Å². The minimum absolute atomic E-state index is 0.268. The van der Waals surface area contributed by atoms with Crippen LogP contribution in [0.3, 0.4) is 0 Å². The molecule has 0 N–H and O–H groups in total. The van der Waals surface area contributed by atoms with Crippen molar-refractivity contribution in [1.29, 1.82) is 5.26 Å². The van der Waals surface area contributed by atoms with E-state index in [2.05, 4.69) is 71.6 Å². The Morgan fingerprint density at radius 3 is 1.95 bits per heavy atom. The van der Waals surface area contributed by atoms with Gasteiger partial charge in [0.1, 0.15) is 0 Å². The average molecular weight is 262 g/mol. The van der Waals surface area contributed by atoms with Gasteiger partial charge < -0.3 is 0 Å². The van der Waals surface area contributed by atoms with Crippen LogP contribution >= 0.6 is 0 Å². The molecule has 0 spiro atoms. The lowest BCUT2D eigenvalue weighted by molar-refractivity contribution is 0.0604. The Bertz CT molecular complexity index is 546. The molecule has 0 aromatic heterocycles. The van der Waals surface area contributed by atoms with Crippen molar-refractivity contribution >= 4 is 0 Å². The summed E-state index contributed by atoms with van der Waals surface area (Å²) in [5.74, 6) is 0. The molecular formula is C18H18N2. The van der Waals surface area contributed by atoms with E-state index in [-0.39, 0.29) is 6.04 Å². The molecule has 3 rings (SSSR count). The van der Waals surface area contributed by atoms with Crippen molar-refractivity contribution in [2.24, 2.45) is 0 Å². The van der Waals surface area contributed by atoms with Crippen LogP contribution in [0, 0.1) is 11.3 Å². The molecule has 1 atom stereocenters. The molecule has 2 nitrogen and oxygen atoms in total. The molecule has 0 amide bonds. The lowest BCUT2D eigenvalue weighted by Crippen LogP contribution is -2.49. The summed E-state index contributed by atoms with van der Waals surface area (Å²) in [7, 11) is 0. The van der Waals surface area contributed by atoms with Crippen molar-refractivity contribution in [1.82, 2.24) is 4.90 Å². The number of hydrogen-bond acceptors (Lipinski definition) is 2. The summed E-state index contributed by atoms with van der Waals surface area (Å²) in [6.07, 6.45) is 1.75. The predicted molar refractivity (Wildman–Crippen MR) is 80.1 cm³/mol. The van der Waals surface area contributed by atoms with E-state index in [0.29, 0.717) is 12.5 Å². The maximum absolute atomic E-state index is 8.97. The van der Waals surface area contributed by atoms with Gasteiger partial charge >= 0.3 is 0 Å². The fraction of sp³-hybridized carbons (Fsp3) is 0.278. The first-order chi connectivity index (χ1) is 9.90. The van der Waals surface area contributed by atoms with Crippen LogP contribution < -0.4 is 0 Å². The molecule has 1 heterocycles. The van der Waals surface area contributed by atoms with Crippen molar-refractivity contribution < 1.29 is 0 Å². The van der Waals surface area contributed by atoms with E-state index in [1.54, 1.807) is 0 Å². The van der Waals surface area contributed by atoms with Gasteiger partial charge in [0.25, 0.3) is 0 Å². The molecule has 100 valence electrons. The smallest absolute Gasteiger partial charge is 0.0638 e. The molecule has 0 bridgehead atoms. The highest BCUT2D eigenvalue weighted by Gasteiger charge is 2.35. The van der Waals surface area contributed by atoms with Gasteiger partial charge in [-0.2, -0.15) is 5.26 Å². The number of rotatable bonds is 4. The zero-order chi connectivity index (χ0) is 13.8. The van der Waals surface area contributed by atoms with Gasteiger partial charge in [-0.3, -0.25) is 4.90 Å². The van der Waals surface area contributed by atoms with Crippen molar-refractivity contribution in [3.63, 3.8) is 0 Å². The zero-order valence-electron chi connectivity index (χ0n) is 11.4. The standard InChI is InChI=1S/C18H18N2/c19-13-11-17-12-14-20(17)18(15-7-3-1-4-8-15)16-9-5-2-6-10-16/h1-10,17-18H,11-12,14H2/t17-/m0/s1. The van der Waals surface area contributed by atoms with Crippen LogP contribution in [0.15, 0.2) is 60.7 Å². The Hall–Kier alpha value is -2.11. The van der Waals surface area contributed by atoms with E-state index in [9.17, 15) is 0 Å². The van der Waals surface area contributed by atoms with Crippen molar-refractivity contribution in [3.05, 3.63) is 71.8 Å². The monoisotopic (exact) mass is 262 g/mol. The second kappa shape index (κ2) is 5.90. The molecule has 1 aliphatic rings. The molecule has 1 aliphatic heterocycles. The van der Waals surface area contributed by atoms with Crippen LogP contribution in [0.5, 0.6) is 0 Å². The number of hydrogen-bond donors (Lipinski definition) is 0. The third kappa shape index (κ3) is 2.45. The molecule has 1 saturated heterocycles. The first kappa shape index (κ1) is 12.9. The highest BCUT2D eigenvalue weighted by atomic mass is 15.2. The summed E-state index contributed by atoms with van der Waals surface area (Å²) in [6.45, 7) is 1.07. The first-order valence-electron chi connectivity index (χ1n) is 7.12. The molecule has 2 aromatic rings. The Labute approximate surface area is 120 Å². The Morgan fingerprint density at radius 2 is 1.55 bits per heavy atom. The predicted octanol–water partition coefficient (Wildman–Crippen LogP) is 3.76. The fourth-order valence-corrected chi connectivity index (χ4v) is 2.97. The zero-order valence-corrected chi connectivity index (χ0v) is 11.4. The van der Waals surface area contributed by atoms with E-state index in [0.717, 1.165) is 13.0 Å². The van der Waals surface area contributed by atoms with Crippen LogP contribution in [-0.4, -0.2) is 17.5 Å². The molecule has 0 unspecified atom stereocenters. The minimum atomic E-state index is 0.268. The van der Waals surface area contributed by atoms with Gasteiger partial charge in [0.2, 0.25) is 0 Å². The largest absolute Gasteiger partial charge is 0.288 e. The average Bonchev–Trinajstić information content (AvgIpc) is 2.50. The van der Waals surface area contributed by atoms with Crippen LogP contribution in [0.25, 0.3) is 0 Å².